The molecule has 0 atom stereocenters. The molecule has 4 nitrogen and oxygen atoms in total. The molecule has 4 rings (SSSR count). The second-order valence-electron chi connectivity index (χ2n) is 5.57. The third-order valence-electron chi connectivity index (χ3n) is 3.75. The predicted octanol–water partition coefficient (Wildman–Crippen LogP) is 7.26. The summed E-state index contributed by atoms with van der Waals surface area (Å²) in [6.07, 6.45) is 0. The molecule has 4 aromatic rings. The Kier molecular flexibility index (Phi) is 6.10. The van der Waals surface area contributed by atoms with Crippen LogP contribution in [0.4, 0.5) is 5.13 Å². The second kappa shape index (κ2) is 8.57. The van der Waals surface area contributed by atoms with E-state index < -0.39 is 0 Å². The number of thiophene rings is 1. The first-order chi connectivity index (χ1) is 13.5. The maximum absolute atomic E-state index is 12.6. The van der Waals surface area contributed by atoms with Crippen molar-refractivity contribution in [3.63, 3.8) is 0 Å². The molecule has 0 unspecified atom stereocenters. The van der Waals surface area contributed by atoms with Crippen molar-refractivity contribution in [3.05, 3.63) is 68.0 Å². The zero-order valence-corrected chi connectivity index (χ0v) is 18.6. The zero-order valence-electron chi connectivity index (χ0n) is 13.9. The van der Waals surface area contributed by atoms with Gasteiger partial charge in [0, 0.05) is 20.9 Å². The van der Waals surface area contributed by atoms with E-state index >= 15 is 0 Å². The largest absolute Gasteiger partial charge is 0.296 e. The highest BCUT2D eigenvalue weighted by molar-refractivity contribution is 8.00. The summed E-state index contributed by atoms with van der Waals surface area (Å²) in [6, 6.07) is 13.1. The van der Waals surface area contributed by atoms with E-state index in [9.17, 15) is 4.79 Å². The van der Waals surface area contributed by atoms with Gasteiger partial charge in [0.15, 0.2) is 4.34 Å². The molecule has 0 aliphatic carbocycles. The number of halogens is 3. The van der Waals surface area contributed by atoms with Gasteiger partial charge in [-0.15, -0.1) is 21.5 Å². The number of hydrogen-bond donors (Lipinski definition) is 1. The van der Waals surface area contributed by atoms with E-state index in [0.29, 0.717) is 36.2 Å². The highest BCUT2D eigenvalue weighted by Crippen LogP contribution is 2.40. The van der Waals surface area contributed by atoms with Crippen LogP contribution in [0.3, 0.4) is 0 Å². The van der Waals surface area contributed by atoms with Gasteiger partial charge in [-0.25, -0.2) is 0 Å². The van der Waals surface area contributed by atoms with E-state index in [1.807, 2.05) is 36.4 Å². The Morgan fingerprint density at radius 2 is 1.79 bits per heavy atom. The minimum Gasteiger partial charge on any atom is -0.296 e. The molecular formula is C18H10Cl3N3OS3. The summed E-state index contributed by atoms with van der Waals surface area (Å²) in [6.45, 7) is 0. The van der Waals surface area contributed by atoms with Gasteiger partial charge in [-0.1, -0.05) is 82.2 Å². The van der Waals surface area contributed by atoms with Crippen LogP contribution in [0.5, 0.6) is 0 Å². The van der Waals surface area contributed by atoms with Gasteiger partial charge < -0.3 is 0 Å². The fourth-order valence-electron chi connectivity index (χ4n) is 2.44. The summed E-state index contributed by atoms with van der Waals surface area (Å²) in [4.78, 5) is 13.0. The highest BCUT2D eigenvalue weighted by Gasteiger charge is 2.20. The molecule has 0 aliphatic rings. The quantitative estimate of drug-likeness (QED) is 0.238. The smallest absolute Gasteiger partial charge is 0.269 e. The third kappa shape index (κ3) is 4.15. The number of thioether (sulfide) groups is 1. The molecular weight excluding hydrogens is 477 g/mol. The average Bonchev–Trinajstić information content (AvgIpc) is 3.26. The number of nitrogens with one attached hydrogen (secondary N) is 1. The molecule has 0 fully saturated rings. The number of aromatic nitrogens is 2. The summed E-state index contributed by atoms with van der Waals surface area (Å²) < 4.78 is 1.59. The van der Waals surface area contributed by atoms with Crippen LogP contribution in [0.2, 0.25) is 15.1 Å². The van der Waals surface area contributed by atoms with Crippen molar-refractivity contribution >= 4 is 90.4 Å². The van der Waals surface area contributed by atoms with Crippen molar-refractivity contribution in [2.45, 2.75) is 10.1 Å². The fourth-order valence-corrected chi connectivity index (χ4v) is 6.33. The first-order valence-corrected chi connectivity index (χ1v) is 11.7. The van der Waals surface area contributed by atoms with E-state index in [2.05, 4.69) is 15.5 Å². The molecule has 0 aliphatic heterocycles. The number of carbonyl (C=O) groups is 1. The van der Waals surface area contributed by atoms with Crippen molar-refractivity contribution in [2.24, 2.45) is 0 Å². The Hall–Kier alpha value is -1.35. The number of benzene rings is 2. The normalized spacial score (nSPS) is 11.1. The lowest BCUT2D eigenvalue weighted by Gasteiger charge is -2.01. The monoisotopic (exact) mass is 485 g/mol. The number of nitrogens with zero attached hydrogens (tertiary/aromatic N) is 2. The van der Waals surface area contributed by atoms with Gasteiger partial charge in [0.25, 0.3) is 5.91 Å². The topological polar surface area (TPSA) is 54.9 Å². The Bertz CT molecular complexity index is 1180. The molecule has 0 radical (unpaired) electrons. The molecule has 28 heavy (non-hydrogen) atoms. The van der Waals surface area contributed by atoms with Gasteiger partial charge in [0.1, 0.15) is 4.88 Å². The molecule has 0 spiro atoms. The number of anilines is 1. The van der Waals surface area contributed by atoms with Crippen LogP contribution in [0.15, 0.2) is 46.8 Å². The van der Waals surface area contributed by atoms with E-state index in [4.69, 9.17) is 34.8 Å². The van der Waals surface area contributed by atoms with Crippen LogP contribution in [0.25, 0.3) is 10.1 Å². The van der Waals surface area contributed by atoms with Crippen LogP contribution < -0.4 is 5.32 Å². The van der Waals surface area contributed by atoms with Crippen LogP contribution >= 0.6 is 69.2 Å². The molecule has 1 amide bonds. The molecule has 10 heteroatoms. The number of carbonyl (C=O) groups excluding carboxylic acids is 1. The summed E-state index contributed by atoms with van der Waals surface area (Å²) >= 11 is 22.8. The molecule has 2 heterocycles. The van der Waals surface area contributed by atoms with Crippen molar-refractivity contribution in [3.8, 4) is 0 Å². The van der Waals surface area contributed by atoms with Crippen LogP contribution in [-0.2, 0) is 5.75 Å². The molecule has 0 saturated heterocycles. The SMILES string of the molecule is O=C(Nc1nnc(SCc2ccccc2Cl)s1)c1sc2cccc(Cl)c2c1Cl. The molecule has 1 N–H and O–H groups in total. The third-order valence-corrected chi connectivity index (χ3v) is 8.10. The van der Waals surface area contributed by atoms with Crippen LogP contribution in [-0.4, -0.2) is 16.1 Å². The average molecular weight is 487 g/mol. The summed E-state index contributed by atoms with van der Waals surface area (Å²) in [5, 5.41) is 13.6. The van der Waals surface area contributed by atoms with Crippen molar-refractivity contribution in [2.75, 3.05) is 5.32 Å². The first-order valence-electron chi connectivity index (χ1n) is 7.90. The molecule has 0 saturated carbocycles. The fraction of sp³-hybridized carbons (Fsp3) is 0.0556. The minimum atomic E-state index is -0.332. The Morgan fingerprint density at radius 1 is 1.00 bits per heavy atom. The lowest BCUT2D eigenvalue weighted by Crippen LogP contribution is -2.10. The summed E-state index contributed by atoms with van der Waals surface area (Å²) in [5.41, 5.74) is 1.02. The lowest BCUT2D eigenvalue weighted by molar-refractivity contribution is 0.103. The Balaban J connectivity index is 1.47. The molecule has 2 aromatic heterocycles. The Labute approximate surface area is 187 Å². The van der Waals surface area contributed by atoms with Crippen LogP contribution in [0, 0.1) is 0 Å². The van der Waals surface area contributed by atoms with E-state index in [1.54, 1.807) is 6.07 Å². The molecule has 0 bridgehead atoms. The highest BCUT2D eigenvalue weighted by atomic mass is 35.5. The van der Waals surface area contributed by atoms with Gasteiger partial charge in [-0.05, 0) is 23.8 Å². The van der Waals surface area contributed by atoms with Crippen LogP contribution in [0.1, 0.15) is 15.2 Å². The Morgan fingerprint density at radius 3 is 2.57 bits per heavy atom. The summed E-state index contributed by atoms with van der Waals surface area (Å²) in [7, 11) is 0. The lowest BCUT2D eigenvalue weighted by atomic mass is 10.2. The van der Waals surface area contributed by atoms with Gasteiger partial charge >= 0.3 is 0 Å². The van der Waals surface area contributed by atoms with Crippen molar-refractivity contribution < 1.29 is 4.79 Å². The van der Waals surface area contributed by atoms with Gasteiger partial charge in [-0.3, -0.25) is 10.1 Å². The first kappa shape index (κ1) is 19.9. The number of amides is 1. The maximum Gasteiger partial charge on any atom is 0.269 e. The van der Waals surface area contributed by atoms with Gasteiger partial charge in [0.05, 0.1) is 10.0 Å². The van der Waals surface area contributed by atoms with Crippen molar-refractivity contribution in [1.82, 2.24) is 10.2 Å². The second-order valence-corrected chi connectivity index (χ2v) is 10.0. The van der Waals surface area contributed by atoms with Gasteiger partial charge in [0.2, 0.25) is 5.13 Å². The minimum absolute atomic E-state index is 0.332. The number of hydrogen-bond acceptors (Lipinski definition) is 6. The number of rotatable bonds is 5. The van der Waals surface area contributed by atoms with E-state index in [-0.39, 0.29) is 5.91 Å². The molecule has 142 valence electrons. The summed E-state index contributed by atoms with van der Waals surface area (Å²) in [5.74, 6) is 0.337. The van der Waals surface area contributed by atoms with E-state index in [1.165, 1.54) is 34.4 Å². The molecule has 2 aromatic carbocycles. The maximum atomic E-state index is 12.6. The van der Waals surface area contributed by atoms with E-state index in [0.717, 1.165) is 14.6 Å². The standard InChI is InChI=1S/C18H10Cl3N3OS3/c19-10-5-2-1-4-9(10)8-26-18-24-23-17(28-18)22-16(25)15-14(21)13-11(20)6-3-7-12(13)27-15/h1-7H,8H2,(H,22,23,25). The predicted molar refractivity (Wildman–Crippen MR) is 121 cm³/mol. The van der Waals surface area contributed by atoms with Crippen molar-refractivity contribution in [1.29, 1.82) is 0 Å². The van der Waals surface area contributed by atoms with Gasteiger partial charge in [-0.2, -0.15) is 0 Å². The number of fused-ring (bicyclic) bond motifs is 1. The zero-order chi connectivity index (χ0) is 19.7.